The third-order valence-electron chi connectivity index (χ3n) is 13.7. The number of halogens is 3. The van der Waals surface area contributed by atoms with Crippen LogP contribution in [0.1, 0.15) is 55.6 Å². The summed E-state index contributed by atoms with van der Waals surface area (Å²) in [5.41, 5.74) is 24.9. The number of nitrogens with zero attached hydrogens (tertiary/aromatic N) is 9. The molecule has 65 heavy (non-hydrogen) atoms. The van der Waals surface area contributed by atoms with Gasteiger partial charge in [-0.3, -0.25) is 0 Å². The Morgan fingerprint density at radius 1 is 0.277 bits per heavy atom. The van der Waals surface area contributed by atoms with Gasteiger partial charge in [0.2, 0.25) is 0 Å². The second kappa shape index (κ2) is 22.4. The van der Waals surface area contributed by atoms with Crippen molar-refractivity contribution in [1.29, 1.82) is 0 Å². The van der Waals surface area contributed by atoms with E-state index in [2.05, 4.69) is 240 Å². The van der Waals surface area contributed by atoms with E-state index in [0.29, 0.717) is 0 Å². The Hall–Kier alpha value is -2.99. The summed E-state index contributed by atoms with van der Waals surface area (Å²) in [6.45, 7) is 23.9. The zero-order valence-electron chi connectivity index (χ0n) is 45.7. The second-order valence-corrected chi connectivity index (χ2v) is 23.2. The van der Waals surface area contributed by atoms with Crippen LogP contribution in [0.15, 0.2) is 0 Å². The summed E-state index contributed by atoms with van der Waals surface area (Å²) >= 11 is 0. The van der Waals surface area contributed by atoms with Crippen molar-refractivity contribution in [2.24, 2.45) is 0 Å². The molecule has 0 aliphatic rings. The molecule has 0 bridgehead atoms. The Morgan fingerprint density at radius 2 is 0.477 bits per heavy atom. The van der Waals surface area contributed by atoms with Crippen LogP contribution in [0.25, 0.3) is 0 Å². The van der Waals surface area contributed by atoms with E-state index in [9.17, 15) is 0 Å². The van der Waals surface area contributed by atoms with Crippen LogP contribution in [-0.2, 0) is 21.7 Å². The van der Waals surface area contributed by atoms with Gasteiger partial charge in [0.05, 0.1) is 34.1 Å². The molecule has 4 aromatic carbocycles. The number of hydrogen-bond acceptors (Lipinski definition) is 9. The molecule has 0 spiro atoms. The molecule has 14 heteroatoms. The molecule has 4 aromatic rings. The maximum atomic E-state index is 2.44. The predicted octanol–water partition coefficient (Wildman–Crippen LogP) is -2.53. The zero-order valence-corrected chi connectivity index (χ0v) is 50.5. The van der Waals surface area contributed by atoms with Gasteiger partial charge in [-0.15, -0.1) is 0 Å². The first-order valence-electron chi connectivity index (χ1n) is 21.8. The molecule has 0 heterocycles. The molecule has 9 nitrogen and oxygen atoms in total. The molecule has 0 unspecified atom stereocenters. The Labute approximate surface area is 431 Å². The van der Waals surface area contributed by atoms with Crippen LogP contribution in [0.2, 0.25) is 0 Å². The van der Waals surface area contributed by atoms with Crippen molar-refractivity contribution in [3.63, 3.8) is 0 Å². The predicted molar refractivity (Wildman–Crippen MR) is 282 cm³/mol. The Balaban J connectivity index is 0.0000102. The molecular weight excluding hydrogens is 921 g/mol. The molecule has 0 saturated carbocycles. The van der Waals surface area contributed by atoms with Crippen LogP contribution in [0.3, 0.4) is 0 Å². The molecular formula is C51H84Cl3N9SiTi. The molecule has 0 saturated heterocycles. The van der Waals surface area contributed by atoms with Crippen molar-refractivity contribution in [3.05, 3.63) is 55.6 Å². The summed E-state index contributed by atoms with van der Waals surface area (Å²) in [4.78, 5) is 21.6. The van der Waals surface area contributed by atoms with Gasteiger partial charge >= 0.3 is 21.7 Å². The average molecular weight is 1010 g/mol. The molecule has 0 fully saturated rings. The molecule has 0 N–H and O–H groups in total. The monoisotopic (exact) mass is 1000 g/mol. The topological polar surface area (TPSA) is 29.2 Å². The summed E-state index contributed by atoms with van der Waals surface area (Å²) in [6, 6.07) is 0. The van der Waals surface area contributed by atoms with Gasteiger partial charge in [-0.05, 0) is 90.5 Å². The van der Waals surface area contributed by atoms with Gasteiger partial charge in [0.15, 0.2) is 8.07 Å². The largest absolute Gasteiger partial charge is 4.00 e. The van der Waals surface area contributed by atoms with Crippen LogP contribution in [0.5, 0.6) is 0 Å². The van der Waals surface area contributed by atoms with Gasteiger partial charge in [0.1, 0.15) is 0 Å². The SMILES string of the molecule is Cc1c(N(C)C)c(C)c([Si](c2c(C)c(N(C)C)c(C)c(N(C)C)c2N(C)C)(c2c(C)c(N(C)C)c(C)c(N(C)C)c2N(C)C)c2c(C)c(C)c(C)[c-]2C)c(N(C)C)c1N(C)C.[Cl-].[Cl-].[Cl-].[Ti+4]. The first-order valence-corrected chi connectivity index (χ1v) is 23.8. The van der Waals surface area contributed by atoms with Crippen LogP contribution < -0.4 is 102 Å². The maximum absolute atomic E-state index is 3.67. The van der Waals surface area contributed by atoms with Gasteiger partial charge < -0.3 is 81.3 Å². The molecule has 0 aliphatic heterocycles. The number of benzene rings is 3. The van der Waals surface area contributed by atoms with Gasteiger partial charge in [-0.2, -0.15) is 27.4 Å². The van der Waals surface area contributed by atoms with Crippen molar-refractivity contribution < 1.29 is 58.9 Å². The molecule has 0 amide bonds. The van der Waals surface area contributed by atoms with Crippen LogP contribution in [0.4, 0.5) is 51.2 Å². The maximum Gasteiger partial charge on any atom is 4.00 e. The molecule has 362 valence electrons. The fourth-order valence-electron chi connectivity index (χ4n) is 11.8. The molecule has 0 radical (unpaired) electrons. The van der Waals surface area contributed by atoms with E-state index in [1.54, 1.807) is 0 Å². The summed E-state index contributed by atoms with van der Waals surface area (Å²) in [7, 11) is 36.8. The van der Waals surface area contributed by atoms with Crippen molar-refractivity contribution >= 4 is 80.0 Å². The van der Waals surface area contributed by atoms with E-state index >= 15 is 0 Å². The van der Waals surface area contributed by atoms with E-state index < -0.39 is 8.07 Å². The fourth-order valence-corrected chi connectivity index (χ4v) is 19.0. The molecule has 0 aromatic heterocycles. The van der Waals surface area contributed by atoms with Gasteiger partial charge in [0, 0.05) is 144 Å². The van der Waals surface area contributed by atoms with Gasteiger partial charge in [-0.1, -0.05) is 27.7 Å². The van der Waals surface area contributed by atoms with Crippen molar-refractivity contribution in [1.82, 2.24) is 0 Å². The van der Waals surface area contributed by atoms with Crippen molar-refractivity contribution in [2.45, 2.75) is 69.2 Å². The fraction of sp³-hybridized carbons (Fsp3) is 0.549. The quantitative estimate of drug-likeness (QED) is 0.0820. The van der Waals surface area contributed by atoms with Crippen molar-refractivity contribution in [3.8, 4) is 0 Å². The summed E-state index contributed by atoms with van der Waals surface area (Å²) < 4.78 is 0. The van der Waals surface area contributed by atoms with Crippen molar-refractivity contribution in [2.75, 3.05) is 171 Å². The van der Waals surface area contributed by atoms with E-state index in [1.807, 2.05) is 0 Å². The first-order chi connectivity index (χ1) is 28.0. The normalized spacial score (nSPS) is 10.9. The Morgan fingerprint density at radius 3 is 0.631 bits per heavy atom. The zero-order chi connectivity index (χ0) is 47.0. The van der Waals surface area contributed by atoms with E-state index in [0.717, 1.165) is 0 Å². The third-order valence-corrected chi connectivity index (χ3v) is 19.3. The molecule has 4 rings (SSSR count). The molecule has 0 atom stereocenters. The van der Waals surface area contributed by atoms with E-state index in [-0.39, 0.29) is 58.9 Å². The van der Waals surface area contributed by atoms with Gasteiger partial charge in [0.25, 0.3) is 0 Å². The summed E-state index contributed by atoms with van der Waals surface area (Å²) in [5, 5.41) is 5.84. The average Bonchev–Trinajstić information content (AvgIpc) is 3.30. The number of anilines is 9. The smallest absolute Gasteiger partial charge is 1.00 e. The van der Waals surface area contributed by atoms with E-state index in [4.69, 9.17) is 0 Å². The van der Waals surface area contributed by atoms with Crippen LogP contribution >= 0.6 is 0 Å². The summed E-state index contributed by atoms with van der Waals surface area (Å²) in [6.07, 6.45) is 0. The standard InChI is InChI=1S/C51H84N9Si.3ClH.Ti/c1-29-30(2)32(4)48(31(29)3)61(49-36(8)39(52(11)12)33(5)42(55(17)18)45(49)58(23)24,50-37(9)40(53(13)14)34(6)43(56(19)20)46(50)59(25)26)51-38(10)41(54(15)16)35(7)44(57(21)22)47(51)60(27)28;;;;/h1-28H3;3*1H;/q-1;;;;+4/p-3. The van der Waals surface area contributed by atoms with Gasteiger partial charge in [-0.25, -0.2) is 0 Å². The summed E-state index contributed by atoms with van der Waals surface area (Å²) in [5.74, 6) is 0. The minimum atomic E-state index is -3.67. The Bertz CT molecular complexity index is 2110. The second-order valence-electron chi connectivity index (χ2n) is 19.7. The molecule has 0 aliphatic carbocycles. The number of hydrogen-bond donors (Lipinski definition) is 0. The number of rotatable bonds is 13. The Kier molecular flexibility index (Phi) is 21.4. The van der Waals surface area contributed by atoms with Crippen LogP contribution in [-0.4, -0.2) is 135 Å². The van der Waals surface area contributed by atoms with Crippen LogP contribution in [0, 0.1) is 69.2 Å². The first kappa shape index (κ1) is 62.0. The minimum absolute atomic E-state index is 0. The van der Waals surface area contributed by atoms with E-state index in [1.165, 1.54) is 128 Å². The minimum Gasteiger partial charge on any atom is -1.00 e. The third kappa shape index (κ3) is 9.57.